The van der Waals surface area contributed by atoms with Gasteiger partial charge in [-0.2, -0.15) is 0 Å². The van der Waals surface area contributed by atoms with Crippen molar-refractivity contribution in [2.45, 2.75) is 43.0 Å². The molecule has 1 aliphatic rings. The first-order chi connectivity index (χ1) is 15.1. The zero-order chi connectivity index (χ0) is 21.6. The van der Waals surface area contributed by atoms with Crippen LogP contribution in [0.15, 0.2) is 77.7 Å². The summed E-state index contributed by atoms with van der Waals surface area (Å²) < 4.78 is 12.7. The lowest BCUT2D eigenvalue weighted by atomic mass is 10.0. The Hall–Kier alpha value is -2.35. The highest BCUT2D eigenvalue weighted by Gasteiger charge is 2.32. The second-order valence-electron chi connectivity index (χ2n) is 7.60. The summed E-state index contributed by atoms with van der Waals surface area (Å²) in [5.41, 5.74) is 9.71. The molecule has 3 aromatic rings. The van der Waals surface area contributed by atoms with Gasteiger partial charge < -0.3 is 25.4 Å². The molecule has 0 saturated carbocycles. The van der Waals surface area contributed by atoms with Crippen molar-refractivity contribution in [1.29, 1.82) is 0 Å². The standard InChI is InChI=1S/C25H27NO4S/c26-14-17-1-7-20(8-2-17)25-29-22(16-31-23-11-9-21(28)10-12-23)13-24(30-25)19-5-3-18(15-27)4-6-19/h1-12,22,24-25,27-28H,13-16,26H2/t22-,24+,25?/m0/s1. The maximum atomic E-state index is 9.50. The van der Waals surface area contributed by atoms with Crippen LogP contribution in [-0.2, 0) is 22.6 Å². The highest BCUT2D eigenvalue weighted by atomic mass is 32.2. The van der Waals surface area contributed by atoms with Crippen LogP contribution in [0.2, 0.25) is 0 Å². The minimum atomic E-state index is -0.464. The fourth-order valence-corrected chi connectivity index (χ4v) is 4.49. The number of benzene rings is 3. The van der Waals surface area contributed by atoms with Crippen LogP contribution in [0.1, 0.15) is 41.1 Å². The minimum Gasteiger partial charge on any atom is -0.508 e. The van der Waals surface area contributed by atoms with Crippen LogP contribution >= 0.6 is 11.8 Å². The SMILES string of the molecule is NCc1ccc(C2O[C@H](CSc3ccc(O)cc3)C[C@H](c3ccc(CO)cc3)O2)cc1. The number of nitrogens with two attached hydrogens (primary N) is 1. The van der Waals surface area contributed by atoms with Crippen LogP contribution in [-0.4, -0.2) is 22.1 Å². The second kappa shape index (κ2) is 10.3. The molecule has 1 heterocycles. The normalized spacial score (nSPS) is 21.2. The van der Waals surface area contributed by atoms with Crippen LogP contribution in [0, 0.1) is 0 Å². The van der Waals surface area contributed by atoms with E-state index >= 15 is 0 Å². The average Bonchev–Trinajstić information content (AvgIpc) is 2.83. The smallest absolute Gasteiger partial charge is 0.184 e. The molecule has 1 fully saturated rings. The highest BCUT2D eigenvalue weighted by molar-refractivity contribution is 7.99. The van der Waals surface area contributed by atoms with E-state index in [1.165, 1.54) is 0 Å². The Morgan fingerprint density at radius 1 is 0.839 bits per heavy atom. The highest BCUT2D eigenvalue weighted by Crippen LogP contribution is 2.39. The van der Waals surface area contributed by atoms with E-state index in [2.05, 4.69) is 0 Å². The maximum absolute atomic E-state index is 9.50. The Morgan fingerprint density at radius 3 is 2.13 bits per heavy atom. The molecule has 1 saturated heterocycles. The van der Waals surface area contributed by atoms with Crippen molar-refractivity contribution in [2.75, 3.05) is 5.75 Å². The van der Waals surface area contributed by atoms with Gasteiger partial charge in [0.05, 0.1) is 18.8 Å². The Kier molecular flexibility index (Phi) is 7.27. The molecule has 1 aliphatic heterocycles. The van der Waals surface area contributed by atoms with Gasteiger partial charge in [-0.25, -0.2) is 0 Å². The number of thioether (sulfide) groups is 1. The van der Waals surface area contributed by atoms with Gasteiger partial charge in [0.15, 0.2) is 6.29 Å². The third-order valence-corrected chi connectivity index (χ3v) is 6.52. The lowest BCUT2D eigenvalue weighted by Gasteiger charge is -2.36. The van der Waals surface area contributed by atoms with Crippen LogP contribution in [0.25, 0.3) is 0 Å². The van der Waals surface area contributed by atoms with Crippen molar-refractivity contribution in [3.63, 3.8) is 0 Å². The summed E-state index contributed by atoms with van der Waals surface area (Å²) in [5.74, 6) is 1.04. The third kappa shape index (κ3) is 5.67. The Balaban J connectivity index is 1.52. The summed E-state index contributed by atoms with van der Waals surface area (Å²) in [6, 6.07) is 23.1. The predicted octanol–water partition coefficient (Wildman–Crippen LogP) is 4.68. The van der Waals surface area contributed by atoms with E-state index in [0.29, 0.717) is 6.54 Å². The first-order valence-corrected chi connectivity index (χ1v) is 11.3. The van der Waals surface area contributed by atoms with Crippen LogP contribution in [0.3, 0.4) is 0 Å². The molecular weight excluding hydrogens is 410 g/mol. The molecule has 0 aliphatic carbocycles. The second-order valence-corrected chi connectivity index (χ2v) is 8.69. The van der Waals surface area contributed by atoms with E-state index in [1.807, 2.05) is 60.7 Å². The Labute approximate surface area is 186 Å². The van der Waals surface area contributed by atoms with Gasteiger partial charge in [0.2, 0.25) is 0 Å². The van der Waals surface area contributed by atoms with Crippen molar-refractivity contribution >= 4 is 11.8 Å². The zero-order valence-corrected chi connectivity index (χ0v) is 18.0. The number of rotatable bonds is 7. The molecule has 0 radical (unpaired) electrons. The Bertz CT molecular complexity index is 905. The average molecular weight is 438 g/mol. The van der Waals surface area contributed by atoms with Crippen LogP contribution in [0.5, 0.6) is 5.75 Å². The van der Waals surface area contributed by atoms with Crippen molar-refractivity contribution in [2.24, 2.45) is 5.73 Å². The van der Waals surface area contributed by atoms with E-state index in [0.717, 1.165) is 39.3 Å². The molecule has 4 N–H and O–H groups in total. The van der Waals surface area contributed by atoms with Gasteiger partial charge in [0, 0.05) is 29.2 Å². The number of aliphatic hydroxyl groups excluding tert-OH is 1. The summed E-state index contributed by atoms with van der Waals surface area (Å²) >= 11 is 1.70. The predicted molar refractivity (Wildman–Crippen MR) is 122 cm³/mol. The fourth-order valence-electron chi connectivity index (χ4n) is 3.57. The third-order valence-electron chi connectivity index (χ3n) is 5.38. The van der Waals surface area contributed by atoms with E-state index in [9.17, 15) is 10.2 Å². The number of hydrogen-bond acceptors (Lipinski definition) is 6. The minimum absolute atomic E-state index is 0.00532. The lowest BCUT2D eigenvalue weighted by molar-refractivity contribution is -0.245. The van der Waals surface area contributed by atoms with Gasteiger partial charge in [-0.15, -0.1) is 11.8 Å². The van der Waals surface area contributed by atoms with Crippen molar-refractivity contribution in [1.82, 2.24) is 0 Å². The molecule has 31 heavy (non-hydrogen) atoms. The molecule has 3 aromatic carbocycles. The Morgan fingerprint density at radius 2 is 1.48 bits per heavy atom. The summed E-state index contributed by atoms with van der Waals surface area (Å²) in [6.45, 7) is 0.523. The number of ether oxygens (including phenoxy) is 2. The van der Waals surface area contributed by atoms with Gasteiger partial charge in [-0.05, 0) is 41.0 Å². The molecule has 0 aromatic heterocycles. The van der Waals surface area contributed by atoms with Gasteiger partial charge in [-0.1, -0.05) is 48.5 Å². The molecule has 0 spiro atoms. The molecule has 1 unspecified atom stereocenters. The first-order valence-electron chi connectivity index (χ1n) is 10.4. The lowest BCUT2D eigenvalue weighted by Crippen LogP contribution is -2.31. The van der Waals surface area contributed by atoms with Crippen LogP contribution in [0.4, 0.5) is 0 Å². The van der Waals surface area contributed by atoms with Crippen LogP contribution < -0.4 is 5.73 Å². The number of phenols is 1. The summed E-state index contributed by atoms with van der Waals surface area (Å²) in [6.07, 6.45) is 0.162. The largest absolute Gasteiger partial charge is 0.508 e. The molecule has 0 bridgehead atoms. The van der Waals surface area contributed by atoms with Crippen molar-refractivity contribution in [3.8, 4) is 5.75 Å². The summed E-state index contributed by atoms with van der Waals surface area (Å²) in [7, 11) is 0. The number of hydrogen-bond donors (Lipinski definition) is 3. The molecule has 5 nitrogen and oxygen atoms in total. The van der Waals surface area contributed by atoms with E-state index in [1.54, 1.807) is 23.9 Å². The molecule has 0 amide bonds. The zero-order valence-electron chi connectivity index (χ0n) is 17.2. The van der Waals surface area contributed by atoms with Gasteiger partial charge in [0.25, 0.3) is 0 Å². The van der Waals surface area contributed by atoms with Gasteiger partial charge in [0.1, 0.15) is 5.75 Å². The number of phenolic OH excluding ortho intramolecular Hbond substituents is 1. The van der Waals surface area contributed by atoms with Crippen molar-refractivity contribution in [3.05, 3.63) is 95.1 Å². The summed E-state index contributed by atoms with van der Waals surface area (Å²) in [5, 5.41) is 18.8. The topological polar surface area (TPSA) is 84.9 Å². The first kappa shape index (κ1) is 21.9. The van der Waals surface area contributed by atoms with Gasteiger partial charge >= 0.3 is 0 Å². The van der Waals surface area contributed by atoms with E-state index in [4.69, 9.17) is 15.2 Å². The number of aliphatic hydroxyl groups is 1. The molecule has 162 valence electrons. The monoisotopic (exact) mass is 437 g/mol. The van der Waals surface area contributed by atoms with E-state index < -0.39 is 6.29 Å². The molecule has 4 rings (SSSR count). The van der Waals surface area contributed by atoms with Crippen molar-refractivity contribution < 1.29 is 19.7 Å². The quantitative estimate of drug-likeness (QED) is 0.466. The fraction of sp³-hybridized carbons (Fsp3) is 0.280. The maximum Gasteiger partial charge on any atom is 0.184 e. The molecular formula is C25H27NO4S. The molecule has 3 atom stereocenters. The molecule has 6 heteroatoms. The van der Waals surface area contributed by atoms with Gasteiger partial charge in [-0.3, -0.25) is 0 Å². The summed E-state index contributed by atoms with van der Waals surface area (Å²) in [4.78, 5) is 1.08. The van der Waals surface area contributed by atoms with E-state index in [-0.39, 0.29) is 24.6 Å². The number of aromatic hydroxyl groups is 1.